The monoisotopic (exact) mass is 485 g/mol. The van der Waals surface area contributed by atoms with Crippen molar-refractivity contribution in [2.75, 3.05) is 31.1 Å². The third-order valence-corrected chi connectivity index (χ3v) is 6.47. The van der Waals surface area contributed by atoms with Gasteiger partial charge in [0.15, 0.2) is 0 Å². The summed E-state index contributed by atoms with van der Waals surface area (Å²) in [5.41, 5.74) is 2.05. The third-order valence-electron chi connectivity index (χ3n) is 5.29. The molecule has 1 fully saturated rings. The molecule has 1 aromatic carbocycles. The molecule has 3 heterocycles. The van der Waals surface area contributed by atoms with Crippen molar-refractivity contribution in [3.8, 4) is 5.69 Å². The maximum Gasteiger partial charge on any atom is 0.290 e. The molecular formula is C20H19Cl4N5O. The minimum atomic E-state index is -0.245. The fourth-order valence-electron chi connectivity index (χ4n) is 3.71. The van der Waals surface area contributed by atoms with Crippen molar-refractivity contribution in [1.29, 1.82) is 0 Å². The van der Waals surface area contributed by atoms with Crippen LogP contribution in [0.25, 0.3) is 5.69 Å². The number of aromatic nitrogens is 3. The van der Waals surface area contributed by atoms with Crippen molar-refractivity contribution < 1.29 is 0 Å². The molecule has 1 aliphatic rings. The van der Waals surface area contributed by atoms with Gasteiger partial charge in [-0.15, -0.1) is 0 Å². The van der Waals surface area contributed by atoms with Crippen LogP contribution in [0.3, 0.4) is 0 Å². The Morgan fingerprint density at radius 2 is 1.53 bits per heavy atom. The molecule has 3 aromatic rings. The van der Waals surface area contributed by atoms with Crippen LogP contribution in [0.1, 0.15) is 5.69 Å². The Balaban J connectivity index is 1.52. The zero-order valence-corrected chi connectivity index (χ0v) is 19.2. The van der Waals surface area contributed by atoms with Crippen LogP contribution in [0, 0.1) is 0 Å². The molecule has 0 bridgehead atoms. The number of pyridine rings is 1. The van der Waals surface area contributed by atoms with Crippen LogP contribution >= 0.6 is 46.4 Å². The lowest BCUT2D eigenvalue weighted by molar-refractivity contribution is 0.243. The van der Waals surface area contributed by atoms with Crippen LogP contribution in [0.5, 0.6) is 0 Å². The van der Waals surface area contributed by atoms with Gasteiger partial charge in [-0.25, -0.2) is 4.68 Å². The van der Waals surface area contributed by atoms with Crippen LogP contribution in [-0.4, -0.2) is 45.4 Å². The van der Waals surface area contributed by atoms with Gasteiger partial charge in [0.25, 0.3) is 5.56 Å². The highest BCUT2D eigenvalue weighted by molar-refractivity contribution is 6.38. The number of piperazine rings is 1. The molecule has 0 spiro atoms. The second-order valence-electron chi connectivity index (χ2n) is 7.09. The molecule has 2 aromatic heterocycles. The molecule has 0 aliphatic carbocycles. The fraction of sp³-hybridized carbons (Fsp3) is 0.300. The van der Waals surface area contributed by atoms with E-state index >= 15 is 0 Å². The van der Waals surface area contributed by atoms with Gasteiger partial charge >= 0.3 is 0 Å². The normalized spacial score (nSPS) is 15.0. The summed E-state index contributed by atoms with van der Waals surface area (Å²) in [6.45, 7) is 3.65. The van der Waals surface area contributed by atoms with Crippen molar-refractivity contribution in [2.24, 2.45) is 7.05 Å². The average molecular weight is 487 g/mol. The van der Waals surface area contributed by atoms with E-state index in [0.717, 1.165) is 37.6 Å². The van der Waals surface area contributed by atoms with E-state index in [1.54, 1.807) is 46.0 Å². The number of rotatable bonds is 4. The first-order valence-corrected chi connectivity index (χ1v) is 10.9. The Hall–Kier alpha value is -1.70. The maximum absolute atomic E-state index is 12.8. The molecule has 4 rings (SSSR count). The number of nitrogens with zero attached hydrogens (tertiary/aromatic N) is 5. The van der Waals surface area contributed by atoms with E-state index in [-0.39, 0.29) is 10.6 Å². The molecule has 10 heteroatoms. The highest BCUT2D eigenvalue weighted by Gasteiger charge is 2.24. The predicted octanol–water partition coefficient (Wildman–Crippen LogP) is 4.51. The Bertz CT molecular complexity index is 1100. The van der Waals surface area contributed by atoms with Crippen LogP contribution < -0.4 is 10.5 Å². The minimum Gasteiger partial charge on any atom is -0.366 e. The van der Waals surface area contributed by atoms with Crippen LogP contribution in [0.4, 0.5) is 5.69 Å². The van der Waals surface area contributed by atoms with Gasteiger partial charge in [-0.3, -0.25) is 19.4 Å². The van der Waals surface area contributed by atoms with Crippen LogP contribution in [0.15, 0.2) is 41.5 Å². The number of halogens is 4. The number of hydrogen-bond acceptors (Lipinski definition) is 4. The molecule has 0 unspecified atom stereocenters. The Kier molecular flexibility index (Phi) is 6.32. The largest absolute Gasteiger partial charge is 0.366 e. The summed E-state index contributed by atoms with van der Waals surface area (Å²) < 4.78 is 3.36. The predicted molar refractivity (Wildman–Crippen MR) is 123 cm³/mol. The summed E-state index contributed by atoms with van der Waals surface area (Å²) in [5.74, 6) is 0. The molecule has 0 saturated carbocycles. The molecule has 6 nitrogen and oxygen atoms in total. The first-order valence-electron chi connectivity index (χ1n) is 9.35. The molecule has 1 saturated heterocycles. The second kappa shape index (κ2) is 8.81. The lowest BCUT2D eigenvalue weighted by atomic mass is 10.2. The van der Waals surface area contributed by atoms with Crippen molar-refractivity contribution in [1.82, 2.24) is 19.2 Å². The number of hydrogen-bond donors (Lipinski definition) is 0. The summed E-state index contributed by atoms with van der Waals surface area (Å²) in [4.78, 5) is 21.2. The third kappa shape index (κ3) is 4.07. The minimum absolute atomic E-state index is 0.232. The van der Waals surface area contributed by atoms with Gasteiger partial charge in [0.2, 0.25) is 0 Å². The van der Waals surface area contributed by atoms with Crippen molar-refractivity contribution in [2.45, 2.75) is 6.54 Å². The highest BCUT2D eigenvalue weighted by Crippen LogP contribution is 2.33. The summed E-state index contributed by atoms with van der Waals surface area (Å²) in [6, 6.07) is 7.09. The molecule has 1 aliphatic heterocycles. The molecule has 30 heavy (non-hydrogen) atoms. The van der Waals surface area contributed by atoms with E-state index < -0.39 is 0 Å². The lowest BCUT2D eigenvalue weighted by Gasteiger charge is -2.36. The SMILES string of the molecule is Cn1c(CN2CCN(c3c(Cl)cncc3Cl)CC2)c(Cl)c(=O)n1-c1ccc(Cl)cc1. The maximum atomic E-state index is 12.8. The summed E-state index contributed by atoms with van der Waals surface area (Å²) >= 11 is 25.0. The molecule has 0 atom stereocenters. The second-order valence-corrected chi connectivity index (χ2v) is 8.72. The van der Waals surface area contributed by atoms with E-state index in [2.05, 4.69) is 14.8 Å². The smallest absolute Gasteiger partial charge is 0.290 e. The van der Waals surface area contributed by atoms with E-state index in [9.17, 15) is 4.79 Å². The zero-order valence-electron chi connectivity index (χ0n) is 16.2. The highest BCUT2D eigenvalue weighted by atomic mass is 35.5. The topological polar surface area (TPSA) is 46.3 Å². The van der Waals surface area contributed by atoms with Crippen molar-refractivity contribution >= 4 is 52.1 Å². The van der Waals surface area contributed by atoms with Crippen molar-refractivity contribution in [3.05, 3.63) is 72.8 Å². The molecule has 0 radical (unpaired) electrons. The summed E-state index contributed by atoms with van der Waals surface area (Å²) in [6.07, 6.45) is 3.20. The fourth-order valence-corrected chi connectivity index (χ4v) is 4.70. The van der Waals surface area contributed by atoms with E-state index in [4.69, 9.17) is 46.4 Å². The van der Waals surface area contributed by atoms with Gasteiger partial charge in [0.05, 0.1) is 27.1 Å². The first-order chi connectivity index (χ1) is 14.4. The standard InChI is InChI=1S/C20H19Cl4N5O/c1-26-17(18(24)20(30)29(26)14-4-2-13(21)3-5-14)12-27-6-8-28(9-7-27)19-15(22)10-25-11-16(19)23/h2-5,10-11H,6-9,12H2,1H3. The van der Waals surface area contributed by atoms with E-state index in [0.29, 0.717) is 27.3 Å². The van der Waals surface area contributed by atoms with Crippen LogP contribution in [-0.2, 0) is 13.6 Å². The Morgan fingerprint density at radius 1 is 0.933 bits per heavy atom. The summed E-state index contributed by atoms with van der Waals surface area (Å²) in [5, 5.41) is 1.93. The number of anilines is 1. The van der Waals surface area contributed by atoms with Crippen molar-refractivity contribution in [3.63, 3.8) is 0 Å². The van der Waals surface area contributed by atoms with Gasteiger partial charge in [0.1, 0.15) is 5.02 Å². The molecule has 0 amide bonds. The van der Waals surface area contributed by atoms with E-state index in [1.165, 1.54) is 0 Å². The van der Waals surface area contributed by atoms with Gasteiger partial charge < -0.3 is 4.90 Å². The summed E-state index contributed by atoms with van der Waals surface area (Å²) in [7, 11) is 1.84. The Labute approximate surface area is 194 Å². The quantitative estimate of drug-likeness (QED) is 0.544. The first kappa shape index (κ1) is 21.5. The Morgan fingerprint density at radius 3 is 2.13 bits per heavy atom. The molecule has 0 N–H and O–H groups in total. The van der Waals surface area contributed by atoms with Gasteiger partial charge in [-0.2, -0.15) is 0 Å². The molecule has 158 valence electrons. The van der Waals surface area contributed by atoms with Gasteiger partial charge in [-0.05, 0) is 24.3 Å². The molecular weight excluding hydrogens is 468 g/mol. The van der Waals surface area contributed by atoms with Gasteiger partial charge in [-0.1, -0.05) is 46.4 Å². The van der Waals surface area contributed by atoms with E-state index in [1.807, 2.05) is 7.05 Å². The lowest BCUT2D eigenvalue weighted by Crippen LogP contribution is -2.46. The number of benzene rings is 1. The average Bonchev–Trinajstić information content (AvgIpc) is 2.93. The van der Waals surface area contributed by atoms with Gasteiger partial charge in [0, 0.05) is 57.2 Å². The zero-order chi connectivity index (χ0) is 21.4. The van der Waals surface area contributed by atoms with Crippen LogP contribution in [0.2, 0.25) is 20.1 Å².